The molecule has 0 amide bonds. The van der Waals surface area contributed by atoms with E-state index in [2.05, 4.69) is 0 Å². The number of rotatable bonds is 3. The Hall–Kier alpha value is -2.03. The fourth-order valence-electron chi connectivity index (χ4n) is 2.20. The molecule has 3 heteroatoms. The van der Waals surface area contributed by atoms with Gasteiger partial charge in [-0.1, -0.05) is 30.3 Å². The van der Waals surface area contributed by atoms with Crippen molar-refractivity contribution in [2.24, 2.45) is 0 Å². The summed E-state index contributed by atoms with van der Waals surface area (Å²) in [6.45, 7) is 3.95. The van der Waals surface area contributed by atoms with Gasteiger partial charge in [0.2, 0.25) is 0 Å². The van der Waals surface area contributed by atoms with E-state index < -0.39 is 0 Å². The Labute approximate surface area is 113 Å². The van der Waals surface area contributed by atoms with Gasteiger partial charge in [-0.3, -0.25) is 0 Å². The van der Waals surface area contributed by atoms with E-state index in [1.807, 2.05) is 56.1 Å². The Morgan fingerprint density at radius 2 is 1.79 bits per heavy atom. The molecule has 0 aliphatic rings. The van der Waals surface area contributed by atoms with Crippen molar-refractivity contribution in [1.29, 1.82) is 0 Å². The summed E-state index contributed by atoms with van der Waals surface area (Å²) in [6.07, 6.45) is 0. The standard InChI is InChI=1S/C16H19FN2/c1-11-7-6-10-15(16(11)18)19(3)12(2)13-8-4-5-9-14(13)17/h4-10,12H,18H2,1-3H3. The number of hydrogen-bond acceptors (Lipinski definition) is 2. The van der Waals surface area contributed by atoms with Crippen LogP contribution in [0.4, 0.5) is 15.8 Å². The van der Waals surface area contributed by atoms with Gasteiger partial charge in [-0.15, -0.1) is 0 Å². The van der Waals surface area contributed by atoms with Gasteiger partial charge in [0.05, 0.1) is 17.4 Å². The number of nitrogens with two attached hydrogens (primary N) is 1. The van der Waals surface area contributed by atoms with Crippen molar-refractivity contribution in [2.45, 2.75) is 19.9 Å². The summed E-state index contributed by atoms with van der Waals surface area (Å²) in [5.74, 6) is -0.187. The molecule has 0 fully saturated rings. The van der Waals surface area contributed by atoms with Crippen LogP contribution in [0.5, 0.6) is 0 Å². The molecule has 0 radical (unpaired) electrons. The summed E-state index contributed by atoms with van der Waals surface area (Å²) in [5.41, 5.74) is 9.48. The van der Waals surface area contributed by atoms with E-state index in [0.717, 1.165) is 16.9 Å². The normalized spacial score (nSPS) is 12.2. The third-order valence-electron chi connectivity index (χ3n) is 3.62. The number of hydrogen-bond donors (Lipinski definition) is 1. The minimum Gasteiger partial charge on any atom is -0.397 e. The molecule has 0 aliphatic carbocycles. The molecule has 0 aliphatic heterocycles. The van der Waals surface area contributed by atoms with Crippen molar-refractivity contribution in [3.05, 3.63) is 59.4 Å². The Balaban J connectivity index is 2.37. The van der Waals surface area contributed by atoms with E-state index in [0.29, 0.717) is 5.56 Å². The van der Waals surface area contributed by atoms with Crippen LogP contribution < -0.4 is 10.6 Å². The maximum Gasteiger partial charge on any atom is 0.128 e. The second-order valence-electron chi connectivity index (χ2n) is 4.82. The lowest BCUT2D eigenvalue weighted by molar-refractivity contribution is 0.585. The molecule has 0 heterocycles. The Kier molecular flexibility index (Phi) is 3.74. The maximum atomic E-state index is 13.8. The molecule has 0 saturated carbocycles. The molecule has 1 unspecified atom stereocenters. The van der Waals surface area contributed by atoms with Crippen molar-refractivity contribution in [2.75, 3.05) is 17.7 Å². The number of aryl methyl sites for hydroxylation is 1. The molecule has 0 saturated heterocycles. The SMILES string of the molecule is Cc1cccc(N(C)C(C)c2ccccc2F)c1N. The second kappa shape index (κ2) is 5.31. The van der Waals surface area contributed by atoms with Crippen molar-refractivity contribution in [3.8, 4) is 0 Å². The van der Waals surface area contributed by atoms with Gasteiger partial charge >= 0.3 is 0 Å². The predicted molar refractivity (Wildman–Crippen MR) is 78.8 cm³/mol. The van der Waals surface area contributed by atoms with Gasteiger partial charge in [0.25, 0.3) is 0 Å². The van der Waals surface area contributed by atoms with E-state index in [1.54, 1.807) is 6.07 Å². The fourth-order valence-corrected chi connectivity index (χ4v) is 2.20. The highest BCUT2D eigenvalue weighted by molar-refractivity contribution is 5.71. The van der Waals surface area contributed by atoms with Gasteiger partial charge in [0.15, 0.2) is 0 Å². The summed E-state index contributed by atoms with van der Waals surface area (Å²) in [6, 6.07) is 12.7. The number of halogens is 1. The number of nitrogens with zero attached hydrogens (tertiary/aromatic N) is 1. The lowest BCUT2D eigenvalue weighted by atomic mass is 10.0. The van der Waals surface area contributed by atoms with Gasteiger partial charge < -0.3 is 10.6 Å². The van der Waals surface area contributed by atoms with Gasteiger partial charge in [-0.05, 0) is 31.5 Å². The molecular weight excluding hydrogens is 239 g/mol. The molecule has 19 heavy (non-hydrogen) atoms. The lowest BCUT2D eigenvalue weighted by Gasteiger charge is -2.29. The summed E-state index contributed by atoms with van der Waals surface area (Å²) in [5, 5.41) is 0. The third-order valence-corrected chi connectivity index (χ3v) is 3.62. The first-order valence-electron chi connectivity index (χ1n) is 6.34. The van der Waals surface area contributed by atoms with Crippen molar-refractivity contribution < 1.29 is 4.39 Å². The van der Waals surface area contributed by atoms with Crippen LogP contribution in [0.2, 0.25) is 0 Å². The molecule has 2 nitrogen and oxygen atoms in total. The molecule has 1 atom stereocenters. The van der Waals surface area contributed by atoms with E-state index in [-0.39, 0.29) is 11.9 Å². The van der Waals surface area contributed by atoms with Crippen LogP contribution >= 0.6 is 0 Å². The van der Waals surface area contributed by atoms with Crippen LogP contribution in [0.15, 0.2) is 42.5 Å². The Morgan fingerprint density at radius 1 is 1.11 bits per heavy atom. The van der Waals surface area contributed by atoms with Crippen molar-refractivity contribution in [1.82, 2.24) is 0 Å². The number of benzene rings is 2. The first-order valence-corrected chi connectivity index (χ1v) is 6.34. The maximum absolute atomic E-state index is 13.8. The zero-order chi connectivity index (χ0) is 14.0. The average Bonchev–Trinajstić information content (AvgIpc) is 2.41. The molecule has 100 valence electrons. The van der Waals surface area contributed by atoms with E-state index in [1.165, 1.54) is 6.07 Å². The van der Waals surface area contributed by atoms with E-state index in [9.17, 15) is 4.39 Å². The van der Waals surface area contributed by atoms with Crippen LogP contribution in [0, 0.1) is 12.7 Å². The summed E-state index contributed by atoms with van der Waals surface area (Å²) in [7, 11) is 1.93. The first-order chi connectivity index (χ1) is 9.02. The molecule has 0 bridgehead atoms. The summed E-state index contributed by atoms with van der Waals surface area (Å²) >= 11 is 0. The highest BCUT2D eigenvalue weighted by Gasteiger charge is 2.17. The number of para-hydroxylation sites is 1. The minimum absolute atomic E-state index is 0.0784. The molecule has 0 aromatic heterocycles. The second-order valence-corrected chi connectivity index (χ2v) is 4.82. The molecule has 2 N–H and O–H groups in total. The molecular formula is C16H19FN2. The number of anilines is 2. The zero-order valence-corrected chi connectivity index (χ0v) is 11.5. The summed E-state index contributed by atoms with van der Waals surface area (Å²) in [4.78, 5) is 2.00. The van der Waals surface area contributed by atoms with Crippen LogP contribution in [-0.4, -0.2) is 7.05 Å². The number of nitrogen functional groups attached to an aromatic ring is 1. The highest BCUT2D eigenvalue weighted by atomic mass is 19.1. The quantitative estimate of drug-likeness (QED) is 0.846. The highest BCUT2D eigenvalue weighted by Crippen LogP contribution is 2.32. The van der Waals surface area contributed by atoms with Crippen molar-refractivity contribution in [3.63, 3.8) is 0 Å². The van der Waals surface area contributed by atoms with E-state index in [4.69, 9.17) is 5.73 Å². The van der Waals surface area contributed by atoms with Crippen LogP contribution in [0.3, 0.4) is 0 Å². The average molecular weight is 258 g/mol. The monoisotopic (exact) mass is 258 g/mol. The van der Waals surface area contributed by atoms with E-state index >= 15 is 0 Å². The topological polar surface area (TPSA) is 29.3 Å². The fraction of sp³-hybridized carbons (Fsp3) is 0.250. The molecule has 2 rings (SSSR count). The Bertz CT molecular complexity index is 581. The van der Waals surface area contributed by atoms with Crippen LogP contribution in [0.25, 0.3) is 0 Å². The van der Waals surface area contributed by atoms with Crippen LogP contribution in [-0.2, 0) is 0 Å². The van der Waals surface area contributed by atoms with Crippen molar-refractivity contribution >= 4 is 11.4 Å². The molecule has 0 spiro atoms. The molecule has 2 aromatic rings. The largest absolute Gasteiger partial charge is 0.397 e. The zero-order valence-electron chi connectivity index (χ0n) is 11.5. The lowest BCUT2D eigenvalue weighted by Crippen LogP contribution is -2.23. The minimum atomic E-state index is -0.187. The van der Waals surface area contributed by atoms with Gasteiger partial charge in [0, 0.05) is 12.6 Å². The third kappa shape index (κ3) is 2.55. The van der Waals surface area contributed by atoms with Crippen LogP contribution in [0.1, 0.15) is 24.1 Å². The van der Waals surface area contributed by atoms with Gasteiger partial charge in [-0.2, -0.15) is 0 Å². The van der Waals surface area contributed by atoms with Gasteiger partial charge in [-0.25, -0.2) is 4.39 Å². The smallest absolute Gasteiger partial charge is 0.128 e. The Morgan fingerprint density at radius 3 is 2.47 bits per heavy atom. The summed E-state index contributed by atoms with van der Waals surface area (Å²) < 4.78 is 13.8. The molecule has 2 aromatic carbocycles. The first kappa shape index (κ1) is 13.4. The van der Waals surface area contributed by atoms with Gasteiger partial charge in [0.1, 0.15) is 5.82 Å². The predicted octanol–water partition coefficient (Wildman–Crippen LogP) is 3.91.